The van der Waals surface area contributed by atoms with E-state index in [1.807, 2.05) is 29.7 Å². The fraction of sp³-hybridized carbons (Fsp3) is 0.333. The maximum Gasteiger partial charge on any atom is 0.241 e. The zero-order chi connectivity index (χ0) is 30.4. The van der Waals surface area contributed by atoms with Crippen molar-refractivity contribution >= 4 is 52.3 Å². The number of benzene rings is 2. The maximum atomic E-state index is 14.4. The minimum atomic E-state index is -1.24. The number of phenolic OH excluding ortho intramolecular Hbond substituents is 1. The van der Waals surface area contributed by atoms with Crippen molar-refractivity contribution in [3.8, 4) is 5.75 Å². The number of anilines is 1. The van der Waals surface area contributed by atoms with Crippen LogP contribution in [0.5, 0.6) is 5.75 Å². The van der Waals surface area contributed by atoms with Gasteiger partial charge < -0.3 is 5.11 Å². The largest absolute Gasteiger partial charge is 0.508 e. The summed E-state index contributed by atoms with van der Waals surface area (Å²) < 4.78 is 14.0. The minimum absolute atomic E-state index is 0.104. The molecule has 2 aliphatic carbocycles. The first-order valence-corrected chi connectivity index (χ1v) is 15.5. The van der Waals surface area contributed by atoms with Gasteiger partial charge in [0.2, 0.25) is 23.6 Å². The summed E-state index contributed by atoms with van der Waals surface area (Å²) in [5.41, 5.74) is 1.16. The summed E-state index contributed by atoms with van der Waals surface area (Å²) in [7, 11) is 0. The van der Waals surface area contributed by atoms with Crippen molar-refractivity contribution in [3.05, 3.63) is 92.4 Å². The van der Waals surface area contributed by atoms with Crippen molar-refractivity contribution in [2.45, 2.75) is 39.2 Å². The molecule has 0 spiro atoms. The Bertz CT molecular complexity index is 1760. The molecule has 2 aromatic carbocycles. The van der Waals surface area contributed by atoms with Crippen LogP contribution in [0.15, 0.2) is 65.6 Å². The van der Waals surface area contributed by atoms with Crippen molar-refractivity contribution in [2.75, 3.05) is 4.90 Å². The number of rotatable bonds is 4. The van der Waals surface area contributed by atoms with E-state index in [2.05, 4.69) is 0 Å². The van der Waals surface area contributed by atoms with E-state index in [-0.39, 0.29) is 41.2 Å². The second-order valence-corrected chi connectivity index (χ2v) is 13.6. The Morgan fingerprint density at radius 2 is 1.84 bits per heavy atom. The van der Waals surface area contributed by atoms with Crippen molar-refractivity contribution in [2.24, 2.45) is 29.1 Å². The Balaban J connectivity index is 1.35. The molecule has 0 unspecified atom stereocenters. The number of aromatic hydroxyl groups is 1. The van der Waals surface area contributed by atoms with Crippen molar-refractivity contribution in [3.63, 3.8) is 0 Å². The normalized spacial score (nSPS) is 30.0. The highest BCUT2D eigenvalue weighted by molar-refractivity contribution is 7.09. The molecule has 0 bridgehead atoms. The Kier molecular flexibility index (Phi) is 6.41. The van der Waals surface area contributed by atoms with Gasteiger partial charge in [0, 0.05) is 10.8 Å². The number of allylic oxidation sites excluding steroid dienone is 2. The lowest BCUT2D eigenvalue weighted by atomic mass is 9.51. The van der Waals surface area contributed by atoms with Gasteiger partial charge in [0.1, 0.15) is 11.6 Å². The van der Waals surface area contributed by atoms with Crippen LogP contribution in [0.1, 0.15) is 41.7 Å². The van der Waals surface area contributed by atoms with Gasteiger partial charge in [-0.3, -0.25) is 24.1 Å². The summed E-state index contributed by atoms with van der Waals surface area (Å²) in [4.78, 5) is 59.5. The van der Waals surface area contributed by atoms with Gasteiger partial charge in [0.05, 0.1) is 40.4 Å². The van der Waals surface area contributed by atoms with E-state index in [1.54, 1.807) is 26.0 Å². The van der Waals surface area contributed by atoms with E-state index >= 15 is 0 Å². The molecule has 3 heterocycles. The molecule has 1 aromatic heterocycles. The lowest BCUT2D eigenvalue weighted by Crippen LogP contribution is -2.48. The SMILES string of the molecule is Cc1cc([C@H]2C3=CC[C@@H]4C(=O)N(Cc5cccs5)C(=O)[C@@H]4[C@@H]3C[C@H]3C(=O)N(c4ccc(F)c(Cl)c4)C(=O)[C@@]23C)ccc1O. The molecule has 1 saturated carbocycles. The van der Waals surface area contributed by atoms with Gasteiger partial charge in [-0.2, -0.15) is 0 Å². The van der Waals surface area contributed by atoms with Crippen LogP contribution in [-0.4, -0.2) is 33.6 Å². The first-order chi connectivity index (χ1) is 20.5. The Labute approximate surface area is 256 Å². The predicted molar refractivity (Wildman–Crippen MR) is 159 cm³/mol. The van der Waals surface area contributed by atoms with E-state index in [0.717, 1.165) is 27.0 Å². The smallest absolute Gasteiger partial charge is 0.241 e. The van der Waals surface area contributed by atoms with Crippen LogP contribution >= 0.6 is 22.9 Å². The standard InChI is InChI=1S/C33H28ClFN2O5S/c1-16-12-17(5-10-26(16)38)28-20-7-8-21-27(31(41)36(29(21)39)15-19-4-3-11-43-19)22(20)14-23-30(40)37(32(42)33(23,28)2)18-6-9-25(35)24(34)13-18/h3-7,9-13,21-23,27-28,38H,8,14-15H2,1-2H3/t21-,22+,23-,27-,28-,33+/m0/s1. The monoisotopic (exact) mass is 618 g/mol. The highest BCUT2D eigenvalue weighted by Gasteiger charge is 2.67. The highest BCUT2D eigenvalue weighted by atomic mass is 35.5. The number of carbonyl (C=O) groups excluding carboxylic acids is 4. The third-order valence-electron chi connectivity index (χ3n) is 9.98. The van der Waals surface area contributed by atoms with Crippen LogP contribution in [0.25, 0.3) is 0 Å². The van der Waals surface area contributed by atoms with Crippen molar-refractivity contribution in [1.82, 2.24) is 4.90 Å². The molecule has 3 aromatic rings. The van der Waals surface area contributed by atoms with Crippen LogP contribution in [0.2, 0.25) is 5.02 Å². The van der Waals surface area contributed by atoms with Crippen molar-refractivity contribution in [1.29, 1.82) is 0 Å². The van der Waals surface area contributed by atoms with Gasteiger partial charge >= 0.3 is 0 Å². The first kappa shape index (κ1) is 28.0. The number of imide groups is 2. The molecule has 1 N–H and O–H groups in total. The molecule has 2 aliphatic heterocycles. The van der Waals surface area contributed by atoms with Crippen LogP contribution in [0.3, 0.4) is 0 Å². The van der Waals surface area contributed by atoms with Gasteiger partial charge in [-0.15, -0.1) is 11.3 Å². The van der Waals surface area contributed by atoms with Crippen LogP contribution in [0, 0.1) is 41.8 Å². The number of phenols is 1. The number of carbonyl (C=O) groups is 4. The van der Waals surface area contributed by atoms with E-state index in [9.17, 15) is 28.7 Å². The molecule has 6 atom stereocenters. The molecule has 2 saturated heterocycles. The zero-order valence-electron chi connectivity index (χ0n) is 23.4. The number of aryl methyl sites for hydroxylation is 1. The molecule has 7 nitrogen and oxygen atoms in total. The van der Waals surface area contributed by atoms with Crippen LogP contribution in [-0.2, 0) is 25.7 Å². The first-order valence-electron chi connectivity index (χ1n) is 14.2. The van der Waals surface area contributed by atoms with E-state index in [0.29, 0.717) is 12.0 Å². The molecule has 4 aliphatic rings. The van der Waals surface area contributed by atoms with E-state index in [1.165, 1.54) is 28.4 Å². The Morgan fingerprint density at radius 1 is 1.05 bits per heavy atom. The number of halogens is 2. The summed E-state index contributed by atoms with van der Waals surface area (Å²) in [5, 5.41) is 12.0. The molecule has 7 rings (SSSR count). The van der Waals surface area contributed by atoms with Gasteiger partial charge in [0.25, 0.3) is 0 Å². The number of nitrogens with zero attached hydrogens (tertiary/aromatic N) is 2. The topological polar surface area (TPSA) is 95.0 Å². The zero-order valence-corrected chi connectivity index (χ0v) is 25.0. The van der Waals surface area contributed by atoms with Gasteiger partial charge in [-0.05, 0) is 79.4 Å². The molecule has 10 heteroatoms. The number of amides is 4. The van der Waals surface area contributed by atoms with Crippen molar-refractivity contribution < 1.29 is 28.7 Å². The summed E-state index contributed by atoms with van der Waals surface area (Å²) >= 11 is 7.54. The summed E-state index contributed by atoms with van der Waals surface area (Å²) in [6.07, 6.45) is 2.57. The molecule has 3 fully saturated rings. The molecule has 4 amide bonds. The highest BCUT2D eigenvalue weighted by Crippen LogP contribution is 2.63. The Hall–Kier alpha value is -3.82. The van der Waals surface area contributed by atoms with Gasteiger partial charge in [0.15, 0.2) is 0 Å². The average Bonchev–Trinajstić information content (AvgIpc) is 3.63. The molecular formula is C33H28ClFN2O5S. The number of hydrogen-bond donors (Lipinski definition) is 1. The van der Waals surface area contributed by atoms with Gasteiger partial charge in [-0.25, -0.2) is 9.29 Å². The number of likely N-dealkylation sites (tertiary alicyclic amines) is 1. The lowest BCUT2D eigenvalue weighted by molar-refractivity contribution is -0.141. The predicted octanol–water partition coefficient (Wildman–Crippen LogP) is 5.99. The number of hydrogen-bond acceptors (Lipinski definition) is 6. The van der Waals surface area contributed by atoms with Crippen LogP contribution < -0.4 is 4.90 Å². The second-order valence-electron chi connectivity index (χ2n) is 12.1. The number of thiophene rings is 1. The third-order valence-corrected chi connectivity index (χ3v) is 11.1. The lowest BCUT2D eigenvalue weighted by Gasteiger charge is -2.49. The quantitative estimate of drug-likeness (QED) is 0.287. The second kappa shape index (κ2) is 9.86. The fourth-order valence-corrected chi connectivity index (χ4v) is 8.77. The summed E-state index contributed by atoms with van der Waals surface area (Å²) in [6, 6.07) is 12.7. The summed E-state index contributed by atoms with van der Waals surface area (Å²) in [5.74, 6) is -4.91. The maximum absolute atomic E-state index is 14.4. The molecule has 43 heavy (non-hydrogen) atoms. The minimum Gasteiger partial charge on any atom is -0.508 e. The third kappa shape index (κ3) is 3.97. The summed E-state index contributed by atoms with van der Waals surface area (Å²) in [6.45, 7) is 3.76. The van der Waals surface area contributed by atoms with Crippen LogP contribution in [0.4, 0.5) is 10.1 Å². The fourth-order valence-electron chi connectivity index (χ4n) is 7.90. The molecule has 0 radical (unpaired) electrons. The van der Waals surface area contributed by atoms with Gasteiger partial charge in [-0.1, -0.05) is 41.4 Å². The average molecular weight is 619 g/mol. The Morgan fingerprint density at radius 3 is 2.53 bits per heavy atom. The molecule has 220 valence electrons. The number of fused-ring (bicyclic) bond motifs is 4. The van der Waals surface area contributed by atoms with E-state index < -0.39 is 52.6 Å². The van der Waals surface area contributed by atoms with E-state index in [4.69, 9.17) is 11.6 Å². The molecular weight excluding hydrogens is 591 g/mol.